The predicted molar refractivity (Wildman–Crippen MR) is 84.3 cm³/mol. The van der Waals surface area contributed by atoms with Gasteiger partial charge in [0.15, 0.2) is 5.75 Å². The molecular weight excluding hydrogens is 373 g/mol. The number of fused-ring (bicyclic) bond motifs is 1. The normalized spacial score (nSPS) is 11.4. The Hall–Kier alpha value is -1.51. The number of halogens is 1. The highest BCUT2D eigenvalue weighted by atomic mass is 127. The van der Waals surface area contributed by atoms with Gasteiger partial charge in [0.2, 0.25) is 0 Å². The zero-order valence-corrected chi connectivity index (χ0v) is 13.9. The molecule has 0 saturated carbocycles. The van der Waals surface area contributed by atoms with Crippen LogP contribution in [0.3, 0.4) is 0 Å². The van der Waals surface area contributed by atoms with E-state index in [9.17, 15) is 4.79 Å². The molecule has 2 aromatic rings. The first kappa shape index (κ1) is 14.9. The summed E-state index contributed by atoms with van der Waals surface area (Å²) in [6.45, 7) is 5.44. The summed E-state index contributed by atoms with van der Waals surface area (Å²) in [4.78, 5) is 11.8. The first-order valence-electron chi connectivity index (χ1n) is 6.01. The summed E-state index contributed by atoms with van der Waals surface area (Å²) < 4.78 is 13.3. The lowest BCUT2D eigenvalue weighted by Crippen LogP contribution is -2.27. The lowest BCUT2D eigenvalue weighted by atomic mass is 10.2. The van der Waals surface area contributed by atoms with Crippen LogP contribution >= 0.6 is 22.6 Å². The minimum Gasteiger partial charge on any atom is -0.492 e. The lowest BCUT2D eigenvalue weighted by Gasteiger charge is -2.20. The van der Waals surface area contributed by atoms with Crippen LogP contribution in [0.4, 0.5) is 10.5 Å². The average molecular weight is 389 g/mol. The van der Waals surface area contributed by atoms with E-state index in [0.717, 1.165) is 9.09 Å². The number of hydrogen-bond donors (Lipinski definition) is 1. The number of aromatic nitrogens is 2. The fourth-order valence-electron chi connectivity index (χ4n) is 1.73. The number of amides is 1. The van der Waals surface area contributed by atoms with Gasteiger partial charge >= 0.3 is 6.09 Å². The molecule has 2 heterocycles. The third kappa shape index (κ3) is 3.14. The van der Waals surface area contributed by atoms with Crippen molar-refractivity contribution >= 4 is 39.9 Å². The molecule has 0 spiro atoms. The molecule has 2 rings (SSSR count). The smallest absolute Gasteiger partial charge is 0.412 e. The van der Waals surface area contributed by atoms with Gasteiger partial charge < -0.3 is 9.47 Å². The Morgan fingerprint density at radius 3 is 2.75 bits per heavy atom. The van der Waals surface area contributed by atoms with Gasteiger partial charge in [0.25, 0.3) is 0 Å². The molecule has 0 aliphatic carbocycles. The van der Waals surface area contributed by atoms with Crippen LogP contribution < -0.4 is 10.1 Å². The average Bonchev–Trinajstić information content (AvgIpc) is 2.69. The van der Waals surface area contributed by atoms with Crippen LogP contribution in [0.1, 0.15) is 20.8 Å². The monoisotopic (exact) mass is 389 g/mol. The van der Waals surface area contributed by atoms with Crippen molar-refractivity contribution < 1.29 is 14.3 Å². The van der Waals surface area contributed by atoms with Crippen molar-refractivity contribution in [2.45, 2.75) is 26.4 Å². The predicted octanol–water partition coefficient (Wildman–Crippen LogP) is 3.29. The van der Waals surface area contributed by atoms with Crippen LogP contribution in [0.15, 0.2) is 18.5 Å². The van der Waals surface area contributed by atoms with Crippen molar-refractivity contribution in [1.29, 1.82) is 0 Å². The number of pyridine rings is 1. The van der Waals surface area contributed by atoms with Gasteiger partial charge in [-0.1, -0.05) is 0 Å². The highest BCUT2D eigenvalue weighted by molar-refractivity contribution is 14.1. The number of nitrogens with zero attached hydrogens (tertiary/aromatic N) is 2. The van der Waals surface area contributed by atoms with E-state index in [4.69, 9.17) is 9.47 Å². The van der Waals surface area contributed by atoms with Crippen molar-refractivity contribution in [3.63, 3.8) is 0 Å². The van der Waals surface area contributed by atoms with Crippen molar-refractivity contribution in [3.8, 4) is 5.75 Å². The van der Waals surface area contributed by atoms with E-state index in [0.29, 0.717) is 11.4 Å². The Kier molecular flexibility index (Phi) is 4.07. The third-order valence-electron chi connectivity index (χ3n) is 2.43. The van der Waals surface area contributed by atoms with Gasteiger partial charge in [-0.25, -0.2) is 9.31 Å². The number of carbonyl (C=O) groups excluding carboxylic acids is 1. The van der Waals surface area contributed by atoms with E-state index in [1.807, 2.05) is 20.8 Å². The van der Waals surface area contributed by atoms with Crippen LogP contribution in [0, 0.1) is 3.57 Å². The fourth-order valence-corrected chi connectivity index (χ4v) is 2.35. The van der Waals surface area contributed by atoms with Gasteiger partial charge in [-0.2, -0.15) is 5.10 Å². The summed E-state index contributed by atoms with van der Waals surface area (Å²) in [5, 5.41) is 6.89. The summed E-state index contributed by atoms with van der Waals surface area (Å²) in [7, 11) is 1.55. The highest BCUT2D eigenvalue weighted by Gasteiger charge is 2.19. The SMILES string of the molecule is COc1c(NC(=O)OC(C)(C)C)ccn2ncc(I)c12. The highest BCUT2D eigenvalue weighted by Crippen LogP contribution is 2.32. The molecule has 6 nitrogen and oxygen atoms in total. The Balaban J connectivity index is 2.35. The lowest BCUT2D eigenvalue weighted by molar-refractivity contribution is 0.0635. The van der Waals surface area contributed by atoms with Crippen molar-refractivity contribution in [2.24, 2.45) is 0 Å². The van der Waals surface area contributed by atoms with Crippen molar-refractivity contribution in [2.75, 3.05) is 12.4 Å². The number of nitrogens with one attached hydrogen (secondary N) is 1. The first-order chi connectivity index (χ1) is 9.31. The molecule has 0 aliphatic heterocycles. The molecule has 0 aromatic carbocycles. The number of hydrogen-bond acceptors (Lipinski definition) is 4. The maximum Gasteiger partial charge on any atom is 0.412 e. The molecule has 0 unspecified atom stereocenters. The Morgan fingerprint density at radius 2 is 2.15 bits per heavy atom. The molecule has 0 radical (unpaired) electrons. The van der Waals surface area contributed by atoms with Crippen LogP contribution in [0.25, 0.3) is 5.52 Å². The van der Waals surface area contributed by atoms with Crippen molar-refractivity contribution in [3.05, 3.63) is 22.0 Å². The Morgan fingerprint density at radius 1 is 1.45 bits per heavy atom. The van der Waals surface area contributed by atoms with Crippen LogP contribution in [-0.4, -0.2) is 28.4 Å². The van der Waals surface area contributed by atoms with E-state index in [2.05, 4.69) is 33.0 Å². The van der Waals surface area contributed by atoms with E-state index in [-0.39, 0.29) is 0 Å². The maximum absolute atomic E-state index is 11.8. The number of methoxy groups -OCH3 is 1. The first-order valence-corrected chi connectivity index (χ1v) is 7.09. The van der Waals surface area contributed by atoms with Crippen LogP contribution in [-0.2, 0) is 4.74 Å². The molecule has 0 atom stereocenters. The number of anilines is 1. The summed E-state index contributed by atoms with van der Waals surface area (Å²) >= 11 is 2.17. The van der Waals surface area contributed by atoms with Gasteiger partial charge in [0, 0.05) is 6.20 Å². The quantitative estimate of drug-likeness (QED) is 0.801. The zero-order chi connectivity index (χ0) is 14.9. The standard InChI is InChI=1S/C13H16IN3O3/c1-13(2,3)20-12(18)16-9-5-6-17-10(11(9)19-4)8(14)7-15-17/h5-7H,1-4H3,(H,16,18). The molecule has 0 fully saturated rings. The molecule has 0 bridgehead atoms. The van der Waals surface area contributed by atoms with Crippen LogP contribution in [0.2, 0.25) is 0 Å². The molecule has 0 aliphatic rings. The topological polar surface area (TPSA) is 64.9 Å². The van der Waals surface area contributed by atoms with E-state index >= 15 is 0 Å². The molecule has 0 saturated heterocycles. The minimum absolute atomic E-state index is 0.519. The van der Waals surface area contributed by atoms with Gasteiger partial charge in [-0.3, -0.25) is 5.32 Å². The van der Waals surface area contributed by atoms with Gasteiger partial charge in [0.1, 0.15) is 11.1 Å². The second kappa shape index (κ2) is 5.47. The second-order valence-electron chi connectivity index (χ2n) is 5.18. The van der Waals surface area contributed by atoms with E-state index in [1.54, 1.807) is 30.1 Å². The molecule has 7 heteroatoms. The number of rotatable bonds is 2. The molecule has 108 valence electrons. The van der Waals surface area contributed by atoms with E-state index in [1.165, 1.54) is 0 Å². The molecular formula is C13H16IN3O3. The Labute approximate surface area is 130 Å². The van der Waals surface area contributed by atoms with Crippen molar-refractivity contribution in [1.82, 2.24) is 9.61 Å². The third-order valence-corrected chi connectivity index (χ3v) is 3.22. The molecule has 2 aromatic heterocycles. The van der Waals surface area contributed by atoms with Crippen LogP contribution in [0.5, 0.6) is 5.75 Å². The minimum atomic E-state index is -0.549. The van der Waals surface area contributed by atoms with Gasteiger partial charge in [0.05, 0.1) is 22.6 Å². The summed E-state index contributed by atoms with van der Waals surface area (Å²) in [6, 6.07) is 1.72. The number of ether oxygens (including phenoxy) is 2. The largest absolute Gasteiger partial charge is 0.492 e. The summed E-state index contributed by atoms with van der Waals surface area (Å²) in [5.41, 5.74) is 0.807. The molecule has 20 heavy (non-hydrogen) atoms. The van der Waals surface area contributed by atoms with Gasteiger partial charge in [-0.05, 0) is 49.4 Å². The molecule has 1 amide bonds. The summed E-state index contributed by atoms with van der Waals surface area (Å²) in [5.74, 6) is 0.556. The number of carbonyl (C=O) groups is 1. The summed E-state index contributed by atoms with van der Waals surface area (Å²) in [6.07, 6.45) is 2.97. The Bertz CT molecular complexity index is 646. The van der Waals surface area contributed by atoms with E-state index < -0.39 is 11.7 Å². The maximum atomic E-state index is 11.8. The second-order valence-corrected chi connectivity index (χ2v) is 6.34. The zero-order valence-electron chi connectivity index (χ0n) is 11.7. The molecule has 1 N–H and O–H groups in total. The fraction of sp³-hybridized carbons (Fsp3) is 0.385. The van der Waals surface area contributed by atoms with Gasteiger partial charge in [-0.15, -0.1) is 0 Å².